The molecule has 3 nitrogen and oxygen atoms in total. The zero-order chi connectivity index (χ0) is 14.4. The lowest BCUT2D eigenvalue weighted by Crippen LogP contribution is -2.38. The van der Waals surface area contributed by atoms with Gasteiger partial charge in [0.25, 0.3) is 0 Å². The van der Waals surface area contributed by atoms with Crippen LogP contribution >= 0.6 is 11.6 Å². The topological polar surface area (TPSA) is 29.5 Å². The lowest BCUT2D eigenvalue weighted by Gasteiger charge is -2.31. The Morgan fingerprint density at radius 3 is 2.70 bits per heavy atom. The number of hydrogen-bond donors (Lipinski definition) is 0. The minimum Gasteiger partial charge on any atom is -0.378 e. The molecule has 1 saturated heterocycles. The van der Waals surface area contributed by atoms with Gasteiger partial charge in [0.05, 0.1) is 11.1 Å². The van der Waals surface area contributed by atoms with Crippen molar-refractivity contribution in [1.82, 2.24) is 4.90 Å². The Morgan fingerprint density at radius 1 is 1.35 bits per heavy atom. The highest BCUT2D eigenvalue weighted by molar-refractivity contribution is 6.33. The molecule has 0 radical (unpaired) electrons. The van der Waals surface area contributed by atoms with E-state index < -0.39 is 0 Å². The Bertz CT molecular complexity index is 442. The molecule has 1 aromatic carbocycles. The quantitative estimate of drug-likeness (QED) is 0.753. The van der Waals surface area contributed by atoms with Crippen molar-refractivity contribution in [2.75, 3.05) is 26.2 Å². The van der Waals surface area contributed by atoms with Gasteiger partial charge in [-0.25, -0.2) is 0 Å². The van der Waals surface area contributed by atoms with Crippen molar-refractivity contribution < 1.29 is 9.53 Å². The molecule has 110 valence electrons. The van der Waals surface area contributed by atoms with Gasteiger partial charge in [-0.1, -0.05) is 23.7 Å². The zero-order valence-electron chi connectivity index (χ0n) is 12.0. The van der Waals surface area contributed by atoms with Crippen LogP contribution in [0.15, 0.2) is 24.3 Å². The second-order valence-electron chi connectivity index (χ2n) is 5.15. The first-order valence-electron chi connectivity index (χ1n) is 7.32. The summed E-state index contributed by atoms with van der Waals surface area (Å²) in [5.74, 6) is 0.127. The van der Waals surface area contributed by atoms with Gasteiger partial charge in [0.15, 0.2) is 5.78 Å². The van der Waals surface area contributed by atoms with Crippen molar-refractivity contribution >= 4 is 17.4 Å². The lowest BCUT2D eigenvalue weighted by molar-refractivity contribution is 0.0143. The number of benzene rings is 1. The van der Waals surface area contributed by atoms with Gasteiger partial charge < -0.3 is 9.64 Å². The Hall–Kier alpha value is -0.900. The molecule has 0 aromatic heterocycles. The molecule has 0 saturated carbocycles. The van der Waals surface area contributed by atoms with E-state index in [1.807, 2.05) is 19.1 Å². The van der Waals surface area contributed by atoms with Gasteiger partial charge in [0, 0.05) is 38.2 Å². The zero-order valence-corrected chi connectivity index (χ0v) is 12.7. The molecule has 2 rings (SSSR count). The third-order valence-corrected chi connectivity index (χ3v) is 4.10. The Kier molecular flexibility index (Phi) is 6.02. The molecular formula is C16H22ClNO2. The van der Waals surface area contributed by atoms with Gasteiger partial charge in [-0.3, -0.25) is 4.79 Å². The summed E-state index contributed by atoms with van der Waals surface area (Å²) in [6, 6.07) is 7.26. The number of carbonyl (C=O) groups is 1. The molecule has 0 aliphatic carbocycles. The maximum Gasteiger partial charge on any atom is 0.165 e. The first kappa shape index (κ1) is 15.5. The fraction of sp³-hybridized carbons (Fsp3) is 0.562. The number of piperidine rings is 1. The standard InChI is InChI=1S/C16H22ClNO2/c1-2-20-13-7-10-18(11-8-13)12-9-16(19)14-5-3-4-6-15(14)17/h3-6,13H,2,7-12H2,1H3. The van der Waals surface area contributed by atoms with E-state index >= 15 is 0 Å². The van der Waals surface area contributed by atoms with Gasteiger partial charge in [0.2, 0.25) is 0 Å². The van der Waals surface area contributed by atoms with Crippen molar-refractivity contribution in [3.05, 3.63) is 34.9 Å². The molecule has 1 fully saturated rings. The highest BCUT2D eigenvalue weighted by Gasteiger charge is 2.20. The number of likely N-dealkylation sites (tertiary alicyclic amines) is 1. The summed E-state index contributed by atoms with van der Waals surface area (Å²) in [5, 5.41) is 0.549. The lowest BCUT2D eigenvalue weighted by atomic mass is 10.1. The summed E-state index contributed by atoms with van der Waals surface area (Å²) < 4.78 is 5.63. The maximum absolute atomic E-state index is 12.1. The van der Waals surface area contributed by atoms with Gasteiger partial charge in [-0.15, -0.1) is 0 Å². The van der Waals surface area contributed by atoms with E-state index in [4.69, 9.17) is 16.3 Å². The van der Waals surface area contributed by atoms with Crippen LogP contribution in [0.4, 0.5) is 0 Å². The van der Waals surface area contributed by atoms with Crippen LogP contribution < -0.4 is 0 Å². The molecule has 1 heterocycles. The summed E-state index contributed by atoms with van der Waals surface area (Å²) in [5.41, 5.74) is 0.637. The summed E-state index contributed by atoms with van der Waals surface area (Å²) in [6.07, 6.45) is 3.06. The maximum atomic E-state index is 12.1. The van der Waals surface area contributed by atoms with Gasteiger partial charge in [-0.2, -0.15) is 0 Å². The van der Waals surface area contributed by atoms with Crippen molar-refractivity contribution in [3.8, 4) is 0 Å². The Balaban J connectivity index is 1.76. The number of Topliss-reactive ketones (excluding diaryl/α,β-unsaturated/α-hetero) is 1. The van der Waals surface area contributed by atoms with Crippen LogP contribution in [0, 0.1) is 0 Å². The third kappa shape index (κ3) is 4.30. The van der Waals surface area contributed by atoms with Gasteiger partial charge in [-0.05, 0) is 31.9 Å². The van der Waals surface area contributed by atoms with Crippen molar-refractivity contribution in [2.24, 2.45) is 0 Å². The minimum absolute atomic E-state index is 0.127. The molecular weight excluding hydrogens is 274 g/mol. The van der Waals surface area contributed by atoms with E-state index in [-0.39, 0.29) is 5.78 Å². The van der Waals surface area contributed by atoms with E-state index in [1.165, 1.54) is 0 Å². The molecule has 1 aliphatic rings. The first-order chi connectivity index (χ1) is 9.70. The highest BCUT2D eigenvalue weighted by atomic mass is 35.5. The molecule has 0 spiro atoms. The number of halogens is 1. The van der Waals surface area contributed by atoms with E-state index in [9.17, 15) is 4.79 Å². The first-order valence-corrected chi connectivity index (χ1v) is 7.70. The molecule has 4 heteroatoms. The molecule has 0 atom stereocenters. The summed E-state index contributed by atoms with van der Waals surface area (Å²) in [6.45, 7) is 5.66. The minimum atomic E-state index is 0.127. The van der Waals surface area contributed by atoms with Crippen LogP contribution in [0.5, 0.6) is 0 Å². The number of ether oxygens (including phenoxy) is 1. The average molecular weight is 296 g/mol. The van der Waals surface area contributed by atoms with Gasteiger partial charge >= 0.3 is 0 Å². The molecule has 0 N–H and O–H groups in total. The molecule has 0 unspecified atom stereocenters. The number of nitrogens with zero attached hydrogens (tertiary/aromatic N) is 1. The van der Waals surface area contributed by atoms with E-state index in [0.29, 0.717) is 23.1 Å². The fourth-order valence-corrected chi connectivity index (χ4v) is 2.86. The van der Waals surface area contributed by atoms with E-state index in [0.717, 1.165) is 39.1 Å². The van der Waals surface area contributed by atoms with Crippen molar-refractivity contribution in [2.45, 2.75) is 32.3 Å². The second-order valence-corrected chi connectivity index (χ2v) is 5.56. The summed E-state index contributed by atoms with van der Waals surface area (Å²) in [4.78, 5) is 14.5. The monoisotopic (exact) mass is 295 g/mol. The molecule has 1 aliphatic heterocycles. The molecule has 20 heavy (non-hydrogen) atoms. The van der Waals surface area contributed by atoms with Crippen molar-refractivity contribution in [3.63, 3.8) is 0 Å². The summed E-state index contributed by atoms with van der Waals surface area (Å²) >= 11 is 6.04. The third-order valence-electron chi connectivity index (χ3n) is 3.77. The van der Waals surface area contributed by atoms with Crippen LogP contribution in [-0.4, -0.2) is 43.0 Å². The largest absolute Gasteiger partial charge is 0.378 e. The Morgan fingerprint density at radius 2 is 2.05 bits per heavy atom. The number of hydrogen-bond acceptors (Lipinski definition) is 3. The van der Waals surface area contributed by atoms with E-state index in [1.54, 1.807) is 12.1 Å². The predicted molar refractivity (Wildman–Crippen MR) is 81.5 cm³/mol. The SMILES string of the molecule is CCOC1CCN(CCC(=O)c2ccccc2Cl)CC1. The van der Waals surface area contributed by atoms with Crippen LogP contribution in [0.2, 0.25) is 5.02 Å². The van der Waals surface area contributed by atoms with Crippen LogP contribution in [0.3, 0.4) is 0 Å². The summed E-state index contributed by atoms with van der Waals surface area (Å²) in [7, 11) is 0. The highest BCUT2D eigenvalue weighted by Crippen LogP contribution is 2.18. The normalized spacial score (nSPS) is 17.3. The van der Waals surface area contributed by atoms with E-state index in [2.05, 4.69) is 4.90 Å². The predicted octanol–water partition coefficient (Wildman–Crippen LogP) is 3.41. The number of ketones is 1. The molecule has 0 bridgehead atoms. The molecule has 0 amide bonds. The smallest absolute Gasteiger partial charge is 0.165 e. The van der Waals surface area contributed by atoms with Crippen molar-refractivity contribution in [1.29, 1.82) is 0 Å². The van der Waals surface area contributed by atoms with Gasteiger partial charge in [0.1, 0.15) is 0 Å². The number of carbonyl (C=O) groups excluding carboxylic acids is 1. The number of rotatable bonds is 6. The second kappa shape index (κ2) is 7.77. The van der Waals surface area contributed by atoms with Crippen LogP contribution in [0.1, 0.15) is 36.5 Å². The fourth-order valence-electron chi connectivity index (χ4n) is 2.62. The van der Waals surface area contributed by atoms with Crippen LogP contribution in [-0.2, 0) is 4.74 Å². The average Bonchev–Trinajstić information content (AvgIpc) is 2.47. The molecule has 1 aromatic rings. The van der Waals surface area contributed by atoms with Crippen LogP contribution in [0.25, 0.3) is 0 Å². The Labute approximate surface area is 125 Å².